The number of fused-ring (bicyclic) bond motifs is 10. The van der Waals surface area contributed by atoms with Crippen LogP contribution >= 0.6 is 0 Å². The van der Waals surface area contributed by atoms with E-state index in [2.05, 4.69) is 211 Å². The van der Waals surface area contributed by atoms with Gasteiger partial charge in [-0.3, -0.25) is 19.2 Å². The maximum Gasteiger partial charge on any atom is 0.266 e. The van der Waals surface area contributed by atoms with Gasteiger partial charge in [0.1, 0.15) is 0 Å². The normalized spacial score (nSPS) is 13.6. The molecule has 0 aliphatic heterocycles. The molecule has 0 unspecified atom stereocenters. The van der Waals surface area contributed by atoms with Crippen molar-refractivity contribution in [1.82, 2.24) is 9.13 Å². The fourth-order valence-corrected chi connectivity index (χ4v) is 14.4. The van der Waals surface area contributed by atoms with Crippen molar-refractivity contribution in [2.24, 2.45) is 0 Å². The first kappa shape index (κ1) is 50.8. The molecule has 0 fully saturated rings. The number of rotatable bonds is 8. The summed E-state index contributed by atoms with van der Waals surface area (Å²) in [6.45, 7) is 17.7. The third kappa shape index (κ3) is 7.19. The van der Waals surface area contributed by atoms with Crippen LogP contribution in [0.2, 0.25) is 0 Å². The molecule has 406 valence electrons. The first-order valence-electron chi connectivity index (χ1n) is 28.7. The summed E-state index contributed by atoms with van der Waals surface area (Å²) < 4.78 is 2.29. The predicted molar refractivity (Wildman–Crippen MR) is 346 cm³/mol. The Kier molecular flexibility index (Phi) is 11.0. The van der Waals surface area contributed by atoms with Crippen LogP contribution in [0.4, 0.5) is 34.1 Å². The summed E-state index contributed by atoms with van der Waals surface area (Å²) in [4.78, 5) is 62.8. The van der Waals surface area contributed by atoms with E-state index in [0.29, 0.717) is 11.4 Å². The van der Waals surface area contributed by atoms with Gasteiger partial charge in [0, 0.05) is 44.4 Å². The largest absolute Gasteiger partial charge is 0.310 e. The first-order valence-corrected chi connectivity index (χ1v) is 28.7. The highest BCUT2D eigenvalue weighted by Crippen LogP contribution is 2.53. The lowest BCUT2D eigenvalue weighted by molar-refractivity contribution is 0.660. The van der Waals surface area contributed by atoms with Crippen LogP contribution in [0.25, 0.3) is 76.7 Å². The summed E-state index contributed by atoms with van der Waals surface area (Å²) in [6.07, 6.45) is 0. The van der Waals surface area contributed by atoms with Crippen molar-refractivity contribution < 1.29 is 0 Å². The fourth-order valence-electron chi connectivity index (χ4n) is 14.4. The van der Waals surface area contributed by atoms with Crippen LogP contribution in [0.15, 0.2) is 225 Å². The monoisotopic (exact) mass is 1090 g/mol. The Morgan fingerprint density at radius 1 is 0.298 bits per heavy atom. The van der Waals surface area contributed by atoms with Crippen LogP contribution in [0.1, 0.15) is 72.2 Å². The predicted octanol–water partition coefficient (Wildman–Crippen LogP) is 17.0. The molecular formula is C76H58N4O4. The van der Waals surface area contributed by atoms with Crippen molar-refractivity contribution in [2.75, 3.05) is 9.80 Å². The van der Waals surface area contributed by atoms with Crippen LogP contribution in [0.5, 0.6) is 0 Å². The Bertz CT molecular complexity index is 4810. The van der Waals surface area contributed by atoms with Gasteiger partial charge in [0.25, 0.3) is 22.2 Å². The van der Waals surface area contributed by atoms with Crippen LogP contribution in [-0.4, -0.2) is 9.13 Å². The molecule has 2 aliphatic rings. The Labute approximate surface area is 485 Å². The Morgan fingerprint density at radius 2 is 0.631 bits per heavy atom. The number of hydrogen-bond acceptors (Lipinski definition) is 6. The van der Waals surface area contributed by atoms with Crippen LogP contribution in [-0.2, 0) is 10.8 Å². The van der Waals surface area contributed by atoms with Gasteiger partial charge in [-0.2, -0.15) is 0 Å². The Morgan fingerprint density at radius 3 is 1.01 bits per heavy atom. The maximum absolute atomic E-state index is 14.6. The molecule has 13 aromatic rings. The number of benzene rings is 11. The number of aromatic nitrogens is 2. The third-order valence-corrected chi connectivity index (χ3v) is 18.6. The summed E-state index contributed by atoms with van der Waals surface area (Å²) in [5.41, 5.74) is 18.3. The summed E-state index contributed by atoms with van der Waals surface area (Å²) in [5, 5.41) is 4.87. The Hall–Kier alpha value is -10.2. The van der Waals surface area contributed by atoms with Gasteiger partial charge < -0.3 is 9.80 Å². The van der Waals surface area contributed by atoms with Gasteiger partial charge >= 0.3 is 0 Å². The number of nitrogens with zero attached hydrogens (tertiary/aromatic N) is 4. The molecular weight excluding hydrogens is 1030 g/mol. The molecule has 0 spiro atoms. The minimum absolute atomic E-state index is 0.0721. The molecule has 2 heterocycles. The fraction of sp³-hybridized carbons (Fsp3) is 0.132. The molecule has 11 aromatic carbocycles. The van der Waals surface area contributed by atoms with Crippen molar-refractivity contribution in [3.05, 3.63) is 292 Å². The van der Waals surface area contributed by atoms with Gasteiger partial charge in [0.05, 0.1) is 44.3 Å². The molecule has 0 saturated carbocycles. The van der Waals surface area contributed by atoms with E-state index in [1.165, 1.54) is 89.7 Å². The zero-order valence-corrected chi connectivity index (χ0v) is 48.1. The highest BCUT2D eigenvalue weighted by Gasteiger charge is 2.38. The second kappa shape index (κ2) is 18.2. The molecule has 2 aliphatic carbocycles. The van der Waals surface area contributed by atoms with E-state index in [4.69, 9.17) is 0 Å². The molecule has 8 heteroatoms. The van der Waals surface area contributed by atoms with Crippen LogP contribution in [0, 0.1) is 27.7 Å². The van der Waals surface area contributed by atoms with Crippen molar-refractivity contribution in [2.45, 2.75) is 66.2 Å². The van der Waals surface area contributed by atoms with E-state index < -0.39 is 22.2 Å². The van der Waals surface area contributed by atoms with Gasteiger partial charge in [0.2, 0.25) is 0 Å². The number of anilines is 6. The van der Waals surface area contributed by atoms with E-state index in [1.54, 1.807) is 24.3 Å². The maximum atomic E-state index is 14.6. The molecule has 0 amide bonds. The molecule has 84 heavy (non-hydrogen) atoms. The van der Waals surface area contributed by atoms with E-state index in [0.717, 1.165) is 54.0 Å². The first-order chi connectivity index (χ1) is 40.5. The average Bonchev–Trinajstić information content (AvgIpc) is 1.79. The van der Waals surface area contributed by atoms with E-state index in [9.17, 15) is 19.2 Å². The zero-order chi connectivity index (χ0) is 57.8. The summed E-state index contributed by atoms with van der Waals surface area (Å²) in [7, 11) is 0. The zero-order valence-electron chi connectivity index (χ0n) is 48.1. The van der Waals surface area contributed by atoms with Gasteiger partial charge in [-0.05, 0) is 202 Å². The molecule has 8 nitrogen and oxygen atoms in total. The van der Waals surface area contributed by atoms with Crippen LogP contribution in [0.3, 0.4) is 0 Å². The third-order valence-electron chi connectivity index (χ3n) is 18.6. The minimum atomic E-state index is -0.566. The SMILES string of the molecule is Cc1cccc2c(N(c3ccc(-n4c(=O)c5cc6c(=O)n(-c7ccc(N(c8ccc9c(c8)C(C)(C)c8ccccc8-9)c8ccc(C)c9c(C)cccc89)cc7)c(=O)c6cc5c4=O)cc3)c3ccc4c(c3)C(C)(C)c3ccccc3-4)ccc(C)c12. The lowest BCUT2D eigenvalue weighted by atomic mass is 9.82. The lowest BCUT2D eigenvalue weighted by Gasteiger charge is -2.29. The van der Waals surface area contributed by atoms with Gasteiger partial charge in [-0.15, -0.1) is 0 Å². The smallest absolute Gasteiger partial charge is 0.266 e. The second-order valence-corrected chi connectivity index (χ2v) is 24.1. The van der Waals surface area contributed by atoms with Crippen molar-refractivity contribution in [1.29, 1.82) is 0 Å². The van der Waals surface area contributed by atoms with E-state index in [-0.39, 0.29) is 32.4 Å². The van der Waals surface area contributed by atoms with Crippen molar-refractivity contribution in [3.8, 4) is 33.6 Å². The molecule has 0 bridgehead atoms. The minimum Gasteiger partial charge on any atom is -0.310 e. The molecule has 15 rings (SSSR count). The van der Waals surface area contributed by atoms with Gasteiger partial charge in [-0.1, -0.05) is 137 Å². The average molecular weight is 1090 g/mol. The highest BCUT2D eigenvalue weighted by atomic mass is 16.2. The number of hydrogen-bond donors (Lipinski definition) is 0. The molecule has 0 N–H and O–H groups in total. The quantitative estimate of drug-likeness (QED) is 0.151. The second-order valence-electron chi connectivity index (χ2n) is 24.1. The topological polar surface area (TPSA) is 84.6 Å². The van der Waals surface area contributed by atoms with Gasteiger partial charge in [-0.25, -0.2) is 9.13 Å². The standard InChI is InChI=1S/C76H58N4O4/c1-43-15-13-19-57-67(37-23-45(3)69(43)57)77(51-33-35-55-53-17-9-11-21-63(53)75(5,6)65(55)39-51)47-25-29-49(30-26-47)79-71(81)59-41-61-62(42-60(59)72(79)82)74(84)80(73(61)83)50-31-27-48(28-32-50)78(68-38-24-46(4)70-44(2)16-14-20-58(68)70)52-34-36-56-54-18-10-12-22-64(54)76(7,8)66(56)40-52/h9-42H,1-8H3. The Balaban J connectivity index is 0.804. The van der Waals surface area contributed by atoms with Crippen LogP contribution < -0.4 is 32.0 Å². The summed E-state index contributed by atoms with van der Waals surface area (Å²) >= 11 is 0. The molecule has 0 radical (unpaired) electrons. The lowest BCUT2D eigenvalue weighted by Crippen LogP contribution is -2.24. The summed E-state index contributed by atoms with van der Waals surface area (Å²) in [6, 6.07) is 69.9. The molecule has 0 saturated heterocycles. The van der Waals surface area contributed by atoms with E-state index >= 15 is 0 Å². The van der Waals surface area contributed by atoms with E-state index in [1.807, 2.05) is 24.3 Å². The summed E-state index contributed by atoms with van der Waals surface area (Å²) in [5.74, 6) is 0. The molecule has 2 aromatic heterocycles. The van der Waals surface area contributed by atoms with Crippen molar-refractivity contribution >= 4 is 77.2 Å². The molecule has 0 atom stereocenters. The van der Waals surface area contributed by atoms with Gasteiger partial charge in [0.15, 0.2) is 0 Å². The number of aryl methyl sites for hydroxylation is 4. The highest BCUT2D eigenvalue weighted by molar-refractivity contribution is 6.04. The van der Waals surface area contributed by atoms with Crippen molar-refractivity contribution in [3.63, 3.8) is 0 Å².